The van der Waals surface area contributed by atoms with Crippen molar-refractivity contribution in [1.82, 2.24) is 9.78 Å². The molecule has 0 saturated heterocycles. The van der Waals surface area contributed by atoms with Crippen LogP contribution in [0.1, 0.15) is 23.1 Å². The maximum absolute atomic E-state index is 12.2. The lowest BCUT2D eigenvalue weighted by Gasteiger charge is -2.07. The molecule has 0 spiro atoms. The molecule has 0 unspecified atom stereocenters. The Kier molecular flexibility index (Phi) is 4.13. The van der Waals surface area contributed by atoms with Crippen LogP contribution in [0.3, 0.4) is 0 Å². The van der Waals surface area contributed by atoms with Crippen molar-refractivity contribution in [3.05, 3.63) is 41.7 Å². The van der Waals surface area contributed by atoms with Gasteiger partial charge in [0, 0.05) is 18.5 Å². The van der Waals surface area contributed by atoms with Crippen LogP contribution in [0.2, 0.25) is 0 Å². The first-order valence-electron chi connectivity index (χ1n) is 6.47. The number of anilines is 1. The van der Waals surface area contributed by atoms with Crippen LogP contribution in [0.15, 0.2) is 35.2 Å². The summed E-state index contributed by atoms with van der Waals surface area (Å²) in [6.45, 7) is 4.33. The number of carbonyl (C=O) groups excluding carboxylic acids is 1. The molecule has 2 rings (SSSR count). The highest BCUT2D eigenvalue weighted by Crippen LogP contribution is 2.15. The van der Waals surface area contributed by atoms with Gasteiger partial charge in [0.25, 0.3) is 5.91 Å². The molecule has 112 valence electrons. The van der Waals surface area contributed by atoms with Gasteiger partial charge in [0.1, 0.15) is 5.69 Å². The number of carbonyl (C=O) groups is 1. The maximum atomic E-state index is 12.2. The fourth-order valence-corrected chi connectivity index (χ4v) is 2.58. The van der Waals surface area contributed by atoms with Gasteiger partial charge >= 0.3 is 0 Å². The molecule has 0 aliphatic heterocycles. The van der Waals surface area contributed by atoms with E-state index >= 15 is 0 Å². The molecule has 0 radical (unpaired) electrons. The lowest BCUT2D eigenvalue weighted by Crippen LogP contribution is -2.17. The largest absolute Gasteiger partial charge is 0.321 e. The third-order valence-corrected chi connectivity index (χ3v) is 4.10. The summed E-state index contributed by atoms with van der Waals surface area (Å²) in [4.78, 5) is 12.4. The molecule has 0 aliphatic rings. The summed E-state index contributed by atoms with van der Waals surface area (Å²) in [5, 5.41) is 6.95. The highest BCUT2D eigenvalue weighted by Gasteiger charge is 2.13. The van der Waals surface area contributed by atoms with Gasteiger partial charge in [-0.1, -0.05) is 0 Å². The first kappa shape index (κ1) is 15.2. The van der Waals surface area contributed by atoms with Gasteiger partial charge in [-0.3, -0.25) is 9.48 Å². The quantitative estimate of drug-likeness (QED) is 0.935. The molecule has 0 bridgehead atoms. The highest BCUT2D eigenvalue weighted by molar-refractivity contribution is 7.90. The van der Waals surface area contributed by atoms with E-state index in [1.807, 2.05) is 13.8 Å². The zero-order valence-corrected chi connectivity index (χ0v) is 12.9. The molecule has 0 fully saturated rings. The number of nitrogens with one attached hydrogen (secondary N) is 1. The fraction of sp³-hybridized carbons (Fsp3) is 0.286. The number of aromatic nitrogens is 2. The van der Waals surface area contributed by atoms with Crippen LogP contribution in [0, 0.1) is 6.92 Å². The van der Waals surface area contributed by atoms with Crippen LogP contribution in [0.4, 0.5) is 5.69 Å². The monoisotopic (exact) mass is 307 g/mol. The summed E-state index contributed by atoms with van der Waals surface area (Å²) in [5.74, 6) is -0.274. The van der Waals surface area contributed by atoms with Crippen molar-refractivity contribution >= 4 is 21.4 Å². The van der Waals surface area contributed by atoms with Crippen molar-refractivity contribution < 1.29 is 13.2 Å². The van der Waals surface area contributed by atoms with Crippen LogP contribution in [-0.2, 0) is 16.4 Å². The van der Waals surface area contributed by atoms with Crippen LogP contribution in [0.25, 0.3) is 0 Å². The first-order chi connectivity index (χ1) is 9.81. The van der Waals surface area contributed by atoms with E-state index in [1.54, 1.807) is 22.9 Å². The topological polar surface area (TPSA) is 81.1 Å². The molecule has 2 aromatic rings. The number of amides is 1. The molecule has 1 N–H and O–H groups in total. The van der Waals surface area contributed by atoms with E-state index in [1.165, 1.54) is 12.1 Å². The molecule has 0 atom stereocenters. The van der Waals surface area contributed by atoms with Crippen molar-refractivity contribution in [2.45, 2.75) is 25.3 Å². The number of benzene rings is 1. The number of aryl methyl sites for hydroxylation is 2. The Labute approximate surface area is 123 Å². The van der Waals surface area contributed by atoms with Gasteiger partial charge in [-0.05, 0) is 44.2 Å². The van der Waals surface area contributed by atoms with E-state index in [4.69, 9.17) is 0 Å². The predicted octanol–water partition coefficient (Wildman–Crippen LogP) is 1.87. The van der Waals surface area contributed by atoms with Gasteiger partial charge in [-0.15, -0.1) is 0 Å². The van der Waals surface area contributed by atoms with Gasteiger partial charge < -0.3 is 5.32 Å². The van der Waals surface area contributed by atoms with Crippen LogP contribution < -0.4 is 5.32 Å². The van der Waals surface area contributed by atoms with E-state index in [-0.39, 0.29) is 10.8 Å². The molecule has 1 aromatic heterocycles. The Balaban J connectivity index is 2.20. The predicted molar refractivity (Wildman–Crippen MR) is 80.1 cm³/mol. The summed E-state index contributed by atoms with van der Waals surface area (Å²) in [6, 6.07) is 7.77. The standard InChI is InChI=1S/C14H17N3O3S/c1-4-17-13(9-10(2)16-17)14(18)15-11-5-7-12(8-6-11)21(3,19)20/h5-9H,4H2,1-3H3,(H,15,18). The summed E-state index contributed by atoms with van der Waals surface area (Å²) in [7, 11) is -3.23. The third kappa shape index (κ3) is 3.49. The van der Waals surface area contributed by atoms with E-state index < -0.39 is 9.84 Å². The summed E-state index contributed by atoms with van der Waals surface area (Å²) in [6.07, 6.45) is 1.14. The maximum Gasteiger partial charge on any atom is 0.273 e. The van der Waals surface area contributed by atoms with Crippen molar-refractivity contribution in [2.24, 2.45) is 0 Å². The normalized spacial score (nSPS) is 11.4. The Morgan fingerprint density at radius 1 is 1.29 bits per heavy atom. The minimum absolute atomic E-state index is 0.218. The number of hydrogen-bond acceptors (Lipinski definition) is 4. The first-order valence-corrected chi connectivity index (χ1v) is 8.36. The molecule has 7 heteroatoms. The number of sulfone groups is 1. The minimum Gasteiger partial charge on any atom is -0.321 e. The molecule has 0 aliphatic carbocycles. The third-order valence-electron chi connectivity index (χ3n) is 2.97. The van der Waals surface area contributed by atoms with E-state index in [9.17, 15) is 13.2 Å². The van der Waals surface area contributed by atoms with Gasteiger partial charge in [-0.25, -0.2) is 8.42 Å². The van der Waals surface area contributed by atoms with E-state index in [0.29, 0.717) is 17.9 Å². The van der Waals surface area contributed by atoms with Gasteiger partial charge in [0.2, 0.25) is 0 Å². The Morgan fingerprint density at radius 3 is 2.43 bits per heavy atom. The summed E-state index contributed by atoms with van der Waals surface area (Å²) >= 11 is 0. The zero-order chi connectivity index (χ0) is 15.6. The lowest BCUT2D eigenvalue weighted by atomic mass is 10.3. The molecule has 0 saturated carbocycles. The Morgan fingerprint density at radius 2 is 1.90 bits per heavy atom. The molecule has 6 nitrogen and oxygen atoms in total. The highest BCUT2D eigenvalue weighted by atomic mass is 32.2. The summed E-state index contributed by atoms with van der Waals surface area (Å²) in [5.41, 5.74) is 1.78. The number of rotatable bonds is 4. The molecular formula is C14H17N3O3S. The van der Waals surface area contributed by atoms with Gasteiger partial charge in [0.05, 0.1) is 10.6 Å². The summed E-state index contributed by atoms with van der Waals surface area (Å²) < 4.78 is 24.4. The van der Waals surface area contributed by atoms with Crippen LogP contribution in [-0.4, -0.2) is 30.4 Å². The van der Waals surface area contributed by atoms with Gasteiger partial charge in [-0.2, -0.15) is 5.10 Å². The Hall–Kier alpha value is -2.15. The molecule has 1 heterocycles. The second-order valence-electron chi connectivity index (χ2n) is 4.74. The van der Waals surface area contributed by atoms with E-state index in [0.717, 1.165) is 11.9 Å². The Bertz CT molecular complexity index is 761. The molecule has 1 aromatic carbocycles. The van der Waals surface area contributed by atoms with Gasteiger partial charge in [0.15, 0.2) is 9.84 Å². The molecule has 21 heavy (non-hydrogen) atoms. The SMILES string of the molecule is CCn1nc(C)cc1C(=O)Nc1ccc(S(C)(=O)=O)cc1. The average molecular weight is 307 g/mol. The second kappa shape index (κ2) is 5.69. The average Bonchev–Trinajstić information content (AvgIpc) is 2.79. The second-order valence-corrected chi connectivity index (χ2v) is 6.75. The number of hydrogen-bond donors (Lipinski definition) is 1. The molecular weight excluding hydrogens is 290 g/mol. The fourth-order valence-electron chi connectivity index (χ4n) is 1.95. The van der Waals surface area contributed by atoms with Crippen molar-refractivity contribution in [3.63, 3.8) is 0 Å². The zero-order valence-electron chi connectivity index (χ0n) is 12.1. The van der Waals surface area contributed by atoms with Crippen molar-refractivity contribution in [1.29, 1.82) is 0 Å². The van der Waals surface area contributed by atoms with Crippen molar-refractivity contribution in [2.75, 3.05) is 11.6 Å². The van der Waals surface area contributed by atoms with Crippen molar-refractivity contribution in [3.8, 4) is 0 Å². The number of nitrogens with zero attached hydrogens (tertiary/aromatic N) is 2. The lowest BCUT2D eigenvalue weighted by molar-refractivity contribution is 0.101. The molecule has 1 amide bonds. The van der Waals surface area contributed by atoms with E-state index in [2.05, 4.69) is 10.4 Å². The smallest absolute Gasteiger partial charge is 0.273 e. The van der Waals surface area contributed by atoms with Crippen LogP contribution >= 0.6 is 0 Å². The minimum atomic E-state index is -3.23. The van der Waals surface area contributed by atoms with Crippen LogP contribution in [0.5, 0.6) is 0 Å².